The number of pyridine rings is 1. The molecule has 0 aliphatic heterocycles. The van der Waals surface area contributed by atoms with Gasteiger partial charge in [0.25, 0.3) is 5.91 Å². The highest BCUT2D eigenvalue weighted by Crippen LogP contribution is 2.20. The van der Waals surface area contributed by atoms with E-state index in [9.17, 15) is 23.2 Å². The number of alkyl halides is 3. The summed E-state index contributed by atoms with van der Waals surface area (Å²) in [5.74, 6) is -3.29. The first-order valence-corrected chi connectivity index (χ1v) is 8.58. The van der Waals surface area contributed by atoms with Crippen molar-refractivity contribution < 1.29 is 37.7 Å². The molecule has 2 aromatic heterocycles. The summed E-state index contributed by atoms with van der Waals surface area (Å²) in [5.41, 5.74) is 2.75. The van der Waals surface area contributed by atoms with Crippen LogP contribution in [-0.2, 0) is 4.79 Å². The average Bonchev–Trinajstić information content (AvgIpc) is 3.20. The molecule has 1 amide bonds. The van der Waals surface area contributed by atoms with Crippen LogP contribution in [0, 0.1) is 0 Å². The third-order valence-corrected chi connectivity index (χ3v) is 3.52. The lowest BCUT2D eigenvalue weighted by Crippen LogP contribution is -2.23. The molecule has 168 valence electrons. The number of hydrogen-bond donors (Lipinski definition) is 4. The van der Waals surface area contributed by atoms with Crippen molar-refractivity contribution in [2.45, 2.75) is 6.18 Å². The topological polar surface area (TPSA) is 163 Å². The van der Waals surface area contributed by atoms with Gasteiger partial charge in [-0.05, 0) is 40.6 Å². The van der Waals surface area contributed by atoms with Gasteiger partial charge >= 0.3 is 12.1 Å². The highest BCUT2D eigenvalue weighted by atomic mass is 35.5. The molecule has 1 aromatic carbocycles. The van der Waals surface area contributed by atoms with Crippen LogP contribution < -0.4 is 10.8 Å². The van der Waals surface area contributed by atoms with Gasteiger partial charge in [0.15, 0.2) is 11.5 Å². The van der Waals surface area contributed by atoms with E-state index in [1.165, 1.54) is 24.5 Å². The molecule has 15 heteroatoms. The molecule has 3 rings (SSSR count). The van der Waals surface area contributed by atoms with Crippen molar-refractivity contribution in [3.63, 3.8) is 0 Å². The van der Waals surface area contributed by atoms with E-state index in [1.807, 2.05) is 5.48 Å². The number of benzene rings is 1. The summed E-state index contributed by atoms with van der Waals surface area (Å²) < 4.78 is 36.4. The highest BCUT2D eigenvalue weighted by molar-refractivity contribution is 6.30. The average molecular weight is 473 g/mol. The predicted octanol–water partition coefficient (Wildman–Crippen LogP) is 3.06. The summed E-state index contributed by atoms with van der Waals surface area (Å²) >= 11 is 5.90. The highest BCUT2D eigenvalue weighted by Gasteiger charge is 2.38. The van der Waals surface area contributed by atoms with E-state index in [1.54, 1.807) is 24.3 Å². The zero-order valence-corrected chi connectivity index (χ0v) is 16.3. The summed E-state index contributed by atoms with van der Waals surface area (Å²) in [6.07, 6.45) is -2.11. The van der Waals surface area contributed by atoms with Crippen LogP contribution in [0.1, 0.15) is 16.1 Å². The summed E-state index contributed by atoms with van der Waals surface area (Å²) in [7, 11) is 0. The molecule has 0 atom stereocenters. The second-order valence-electron chi connectivity index (χ2n) is 5.51. The van der Waals surface area contributed by atoms with Gasteiger partial charge in [0.05, 0.1) is 5.69 Å². The molecule has 3 aromatic rings. The van der Waals surface area contributed by atoms with E-state index in [-0.39, 0.29) is 17.3 Å². The van der Waals surface area contributed by atoms with Crippen LogP contribution in [0.3, 0.4) is 0 Å². The minimum Gasteiger partial charge on any atom is -0.475 e. The van der Waals surface area contributed by atoms with Gasteiger partial charge < -0.3 is 10.4 Å². The third kappa shape index (κ3) is 7.03. The lowest BCUT2D eigenvalue weighted by atomic mass is 10.2. The SMILES string of the molecule is O=C(Nc1nonc1C(=Nc1cccc(Cl)c1)NO)c1ccncc1.O=C(O)C(F)(F)F. The Hall–Kier alpha value is -4.04. The maximum absolute atomic E-state index is 12.2. The standard InChI is InChI=1S/C15H11ClN6O3.C2HF3O2/c16-10-2-1-3-11(8-10)18-13(20-24)12-14(22-25-21-12)19-15(23)9-4-6-17-7-5-9;3-2(4,5)1(6)7/h1-8,24H,(H,18,20)(H,19,22,23);(H,6,7). The van der Waals surface area contributed by atoms with Crippen LogP contribution in [0.2, 0.25) is 5.02 Å². The maximum Gasteiger partial charge on any atom is 0.490 e. The molecule has 0 aliphatic carbocycles. The van der Waals surface area contributed by atoms with Crippen LogP contribution in [0.25, 0.3) is 0 Å². The molecular weight excluding hydrogens is 461 g/mol. The fraction of sp³-hybridized carbons (Fsp3) is 0.0588. The number of nitrogens with one attached hydrogen (secondary N) is 2. The molecule has 0 fully saturated rings. The van der Waals surface area contributed by atoms with E-state index in [0.717, 1.165) is 0 Å². The van der Waals surface area contributed by atoms with E-state index < -0.39 is 18.1 Å². The number of carboxylic acids is 1. The number of carboxylic acid groups (broad SMARTS) is 1. The molecule has 4 N–H and O–H groups in total. The smallest absolute Gasteiger partial charge is 0.475 e. The fourth-order valence-corrected chi connectivity index (χ4v) is 2.10. The molecule has 0 radical (unpaired) electrons. The Bertz CT molecular complexity index is 1110. The molecule has 0 saturated heterocycles. The molecule has 0 spiro atoms. The summed E-state index contributed by atoms with van der Waals surface area (Å²) in [6, 6.07) is 9.71. The van der Waals surface area contributed by atoms with Crippen LogP contribution in [0.5, 0.6) is 0 Å². The van der Waals surface area contributed by atoms with Crippen molar-refractivity contribution in [1.82, 2.24) is 20.8 Å². The van der Waals surface area contributed by atoms with Crippen molar-refractivity contribution >= 4 is 40.8 Å². The second kappa shape index (κ2) is 10.8. The molecule has 0 saturated carbocycles. The largest absolute Gasteiger partial charge is 0.490 e. The number of carbonyl (C=O) groups is 2. The zero-order valence-electron chi connectivity index (χ0n) is 15.5. The minimum atomic E-state index is -5.08. The summed E-state index contributed by atoms with van der Waals surface area (Å²) in [4.78, 5) is 29.1. The van der Waals surface area contributed by atoms with Gasteiger partial charge in [0, 0.05) is 23.0 Å². The van der Waals surface area contributed by atoms with E-state index in [4.69, 9.17) is 21.5 Å². The first-order chi connectivity index (χ1) is 15.1. The van der Waals surface area contributed by atoms with Crippen molar-refractivity contribution in [3.05, 3.63) is 65.1 Å². The normalized spacial score (nSPS) is 11.2. The number of aromatic nitrogens is 3. The van der Waals surface area contributed by atoms with E-state index in [2.05, 4.69) is 30.2 Å². The monoisotopic (exact) mass is 472 g/mol. The summed E-state index contributed by atoms with van der Waals surface area (Å²) in [5, 5.41) is 26.8. The van der Waals surface area contributed by atoms with Crippen molar-refractivity contribution in [2.75, 3.05) is 5.32 Å². The lowest BCUT2D eigenvalue weighted by Gasteiger charge is -2.05. The maximum atomic E-state index is 12.2. The fourth-order valence-electron chi connectivity index (χ4n) is 1.91. The van der Waals surface area contributed by atoms with E-state index >= 15 is 0 Å². The Balaban J connectivity index is 0.000000451. The van der Waals surface area contributed by atoms with Gasteiger partial charge in [0.1, 0.15) is 0 Å². The number of halogens is 4. The van der Waals surface area contributed by atoms with Gasteiger partial charge in [-0.1, -0.05) is 17.7 Å². The van der Waals surface area contributed by atoms with Crippen molar-refractivity contribution in [1.29, 1.82) is 0 Å². The Morgan fingerprint density at radius 2 is 1.78 bits per heavy atom. The lowest BCUT2D eigenvalue weighted by molar-refractivity contribution is -0.192. The predicted molar refractivity (Wildman–Crippen MR) is 103 cm³/mol. The quantitative estimate of drug-likeness (QED) is 0.254. The molecule has 0 bridgehead atoms. The molecule has 0 aliphatic rings. The van der Waals surface area contributed by atoms with Crippen LogP contribution in [0.15, 0.2) is 58.4 Å². The minimum absolute atomic E-state index is 0.0101. The molecule has 32 heavy (non-hydrogen) atoms. The number of anilines is 1. The first kappa shape index (κ1) is 24.2. The molecule has 11 nitrogen and oxygen atoms in total. The van der Waals surface area contributed by atoms with E-state index in [0.29, 0.717) is 16.3 Å². The van der Waals surface area contributed by atoms with Gasteiger partial charge in [-0.25, -0.2) is 14.4 Å². The number of carbonyl (C=O) groups excluding carboxylic acids is 1. The number of hydrogen-bond acceptors (Lipinski definition) is 8. The number of aliphatic imine (C=N–C) groups is 1. The van der Waals surface area contributed by atoms with Crippen molar-refractivity contribution in [3.8, 4) is 0 Å². The molecule has 0 unspecified atom stereocenters. The van der Waals surface area contributed by atoms with Gasteiger partial charge in [-0.15, -0.1) is 0 Å². The Morgan fingerprint density at radius 1 is 1.12 bits per heavy atom. The van der Waals surface area contributed by atoms with Crippen molar-refractivity contribution in [2.24, 2.45) is 4.99 Å². The van der Waals surface area contributed by atoms with Crippen LogP contribution >= 0.6 is 11.6 Å². The summed E-state index contributed by atoms with van der Waals surface area (Å²) in [6.45, 7) is 0. The number of rotatable bonds is 4. The van der Waals surface area contributed by atoms with Crippen LogP contribution in [0.4, 0.5) is 24.7 Å². The number of aliphatic carboxylic acids is 1. The number of hydroxylamine groups is 1. The molecular formula is C17H12ClF3N6O5. The zero-order chi connectivity index (χ0) is 23.7. The number of amides is 1. The second-order valence-corrected chi connectivity index (χ2v) is 5.94. The van der Waals surface area contributed by atoms with Gasteiger partial charge in [-0.2, -0.15) is 13.2 Å². The Morgan fingerprint density at radius 3 is 2.34 bits per heavy atom. The Kier molecular flexibility index (Phi) is 8.20. The third-order valence-electron chi connectivity index (χ3n) is 3.28. The first-order valence-electron chi connectivity index (χ1n) is 8.20. The number of amidine groups is 1. The van der Waals surface area contributed by atoms with Gasteiger partial charge in [0.2, 0.25) is 5.82 Å². The molecule has 2 heterocycles. The van der Waals surface area contributed by atoms with Gasteiger partial charge in [-0.3, -0.25) is 20.5 Å². The van der Waals surface area contributed by atoms with Crippen LogP contribution in [-0.4, -0.2) is 49.5 Å². The Labute approximate surface area is 181 Å². The number of nitrogens with zero attached hydrogens (tertiary/aromatic N) is 4.